The van der Waals surface area contributed by atoms with Crippen molar-refractivity contribution in [1.29, 1.82) is 0 Å². The lowest BCUT2D eigenvalue weighted by atomic mass is 10.3. The van der Waals surface area contributed by atoms with Crippen molar-refractivity contribution in [3.8, 4) is 5.75 Å². The van der Waals surface area contributed by atoms with Crippen LogP contribution in [-0.4, -0.2) is 4.98 Å². The highest BCUT2D eigenvalue weighted by Crippen LogP contribution is 2.11. The Bertz CT molecular complexity index is 205. The molecule has 1 rings (SSSR count). The van der Waals surface area contributed by atoms with Gasteiger partial charge in [0.15, 0.2) is 5.75 Å². The van der Waals surface area contributed by atoms with E-state index in [4.69, 9.17) is 5.90 Å². The Kier molecular flexibility index (Phi) is 3.76. The second kappa shape index (κ2) is 4.09. The van der Waals surface area contributed by atoms with Crippen LogP contribution in [0.5, 0.6) is 5.75 Å². The molecule has 0 aliphatic carbocycles. The van der Waals surface area contributed by atoms with Crippen LogP contribution < -0.4 is 10.7 Å². The van der Waals surface area contributed by atoms with Gasteiger partial charge >= 0.3 is 0 Å². The molecule has 0 fully saturated rings. The lowest BCUT2D eigenvalue weighted by molar-refractivity contribution is 0.330. The largest absolute Gasteiger partial charge is 0.410 e. The molecule has 1 heterocycles. The smallest absolute Gasteiger partial charge is 0.167 e. The predicted molar refractivity (Wildman–Crippen MR) is 41.0 cm³/mol. The van der Waals surface area contributed by atoms with Crippen molar-refractivity contribution in [2.75, 3.05) is 0 Å². The van der Waals surface area contributed by atoms with Crippen LogP contribution in [0.4, 0.5) is 0 Å². The van der Waals surface area contributed by atoms with Gasteiger partial charge in [0.25, 0.3) is 0 Å². The maximum atomic E-state index is 4.91. The number of hydrogen-bond acceptors (Lipinski definition) is 3. The minimum absolute atomic E-state index is 0. The molecule has 0 atom stereocenters. The zero-order valence-corrected chi connectivity index (χ0v) is 6.39. The number of nitrogens with zero attached hydrogens (tertiary/aromatic N) is 1. The molecule has 1 aromatic heterocycles. The summed E-state index contributed by atoms with van der Waals surface area (Å²) in [6.45, 7) is 1.91. The predicted octanol–water partition coefficient (Wildman–Crippen LogP) is 1.06. The van der Waals surface area contributed by atoms with Crippen LogP contribution in [0.15, 0.2) is 18.5 Å². The number of aryl methyl sites for hydroxylation is 1. The van der Waals surface area contributed by atoms with Crippen molar-refractivity contribution < 1.29 is 4.84 Å². The van der Waals surface area contributed by atoms with E-state index < -0.39 is 0 Å². The molecule has 2 N–H and O–H groups in total. The summed E-state index contributed by atoms with van der Waals surface area (Å²) < 4.78 is 0. The Hall–Kier alpha value is -0.800. The summed E-state index contributed by atoms with van der Waals surface area (Å²) in [6.07, 6.45) is 3.27. The molecule has 0 saturated heterocycles. The monoisotopic (exact) mass is 160 g/mol. The molecular formula is C6H9ClN2O. The molecule has 0 radical (unpaired) electrons. The molecule has 0 aliphatic rings. The maximum Gasteiger partial charge on any atom is 0.167 e. The highest BCUT2D eigenvalue weighted by Gasteiger charge is 1.93. The number of pyridine rings is 1. The molecule has 0 aliphatic heterocycles. The Morgan fingerprint density at radius 2 is 2.30 bits per heavy atom. The fourth-order valence-electron chi connectivity index (χ4n) is 0.573. The van der Waals surface area contributed by atoms with Gasteiger partial charge in [-0.05, 0) is 18.6 Å². The lowest BCUT2D eigenvalue weighted by Crippen LogP contribution is -2.03. The first-order valence-electron chi connectivity index (χ1n) is 2.62. The van der Waals surface area contributed by atoms with Gasteiger partial charge in [0.1, 0.15) is 0 Å². The van der Waals surface area contributed by atoms with E-state index >= 15 is 0 Å². The van der Waals surface area contributed by atoms with E-state index in [9.17, 15) is 0 Å². The van der Waals surface area contributed by atoms with Gasteiger partial charge in [-0.25, -0.2) is 0 Å². The molecule has 0 spiro atoms. The van der Waals surface area contributed by atoms with E-state index in [1.807, 2.05) is 13.0 Å². The van der Waals surface area contributed by atoms with Crippen LogP contribution >= 0.6 is 12.4 Å². The van der Waals surface area contributed by atoms with Gasteiger partial charge < -0.3 is 4.84 Å². The molecule has 0 bridgehead atoms. The standard InChI is InChI=1S/C6H8N2O.ClH/c1-5-2-3-8-4-6(5)9-7;/h2-4H,7H2,1H3;1H. The van der Waals surface area contributed by atoms with Crippen molar-refractivity contribution in [1.82, 2.24) is 4.98 Å². The van der Waals surface area contributed by atoms with E-state index in [0.717, 1.165) is 5.56 Å². The third kappa shape index (κ3) is 1.86. The van der Waals surface area contributed by atoms with Crippen LogP contribution in [0.25, 0.3) is 0 Å². The summed E-state index contributed by atoms with van der Waals surface area (Å²) in [5.74, 6) is 5.53. The summed E-state index contributed by atoms with van der Waals surface area (Å²) in [4.78, 5) is 8.29. The molecule has 0 aromatic carbocycles. The van der Waals surface area contributed by atoms with Crippen molar-refractivity contribution in [2.24, 2.45) is 5.90 Å². The van der Waals surface area contributed by atoms with Crippen LogP contribution in [0.3, 0.4) is 0 Å². The minimum atomic E-state index is 0. The molecule has 0 unspecified atom stereocenters. The fourth-order valence-corrected chi connectivity index (χ4v) is 0.573. The number of hydrogen-bond donors (Lipinski definition) is 1. The van der Waals surface area contributed by atoms with Gasteiger partial charge in [-0.2, -0.15) is 5.90 Å². The van der Waals surface area contributed by atoms with Gasteiger partial charge in [0.05, 0.1) is 6.20 Å². The highest BCUT2D eigenvalue weighted by molar-refractivity contribution is 5.85. The lowest BCUT2D eigenvalue weighted by Gasteiger charge is -1.98. The molecule has 0 amide bonds. The number of nitrogens with two attached hydrogens (primary N) is 1. The summed E-state index contributed by atoms with van der Waals surface area (Å²) in [6, 6.07) is 1.84. The third-order valence-electron chi connectivity index (χ3n) is 1.12. The summed E-state index contributed by atoms with van der Waals surface area (Å²) in [7, 11) is 0. The molecule has 4 heteroatoms. The van der Waals surface area contributed by atoms with E-state index in [-0.39, 0.29) is 12.4 Å². The molecule has 56 valence electrons. The Morgan fingerprint density at radius 1 is 1.60 bits per heavy atom. The van der Waals surface area contributed by atoms with Crippen LogP contribution in [0, 0.1) is 6.92 Å². The van der Waals surface area contributed by atoms with Crippen molar-refractivity contribution >= 4 is 12.4 Å². The van der Waals surface area contributed by atoms with Crippen molar-refractivity contribution in [2.45, 2.75) is 6.92 Å². The summed E-state index contributed by atoms with van der Waals surface area (Å²) in [5, 5.41) is 0. The third-order valence-corrected chi connectivity index (χ3v) is 1.12. The van der Waals surface area contributed by atoms with Crippen LogP contribution in [-0.2, 0) is 0 Å². The molecule has 1 aromatic rings. The fraction of sp³-hybridized carbons (Fsp3) is 0.167. The van der Waals surface area contributed by atoms with Gasteiger partial charge in [-0.3, -0.25) is 4.98 Å². The Morgan fingerprint density at radius 3 is 2.70 bits per heavy atom. The van der Waals surface area contributed by atoms with Gasteiger partial charge in [-0.15, -0.1) is 12.4 Å². The van der Waals surface area contributed by atoms with E-state index in [1.54, 1.807) is 12.4 Å². The zero-order chi connectivity index (χ0) is 6.69. The van der Waals surface area contributed by atoms with Crippen LogP contribution in [0.1, 0.15) is 5.56 Å². The zero-order valence-electron chi connectivity index (χ0n) is 5.57. The molecule has 0 saturated carbocycles. The second-order valence-corrected chi connectivity index (χ2v) is 1.76. The maximum absolute atomic E-state index is 4.91. The van der Waals surface area contributed by atoms with Gasteiger partial charge in [-0.1, -0.05) is 0 Å². The van der Waals surface area contributed by atoms with Gasteiger partial charge in [0, 0.05) is 6.20 Å². The number of rotatable bonds is 1. The quantitative estimate of drug-likeness (QED) is 0.625. The summed E-state index contributed by atoms with van der Waals surface area (Å²) in [5.41, 5.74) is 0.993. The Labute approximate surface area is 65.6 Å². The average Bonchev–Trinajstić information content (AvgIpc) is 1.89. The van der Waals surface area contributed by atoms with E-state index in [0.29, 0.717) is 5.75 Å². The van der Waals surface area contributed by atoms with E-state index in [1.165, 1.54) is 0 Å². The molecular weight excluding hydrogens is 152 g/mol. The number of halogens is 1. The number of aromatic nitrogens is 1. The first-order chi connectivity index (χ1) is 4.34. The Balaban J connectivity index is 0.000000810. The SMILES string of the molecule is Cc1ccncc1ON.Cl. The highest BCUT2D eigenvalue weighted by atomic mass is 35.5. The summed E-state index contributed by atoms with van der Waals surface area (Å²) >= 11 is 0. The second-order valence-electron chi connectivity index (χ2n) is 1.76. The minimum Gasteiger partial charge on any atom is -0.410 e. The molecule has 10 heavy (non-hydrogen) atoms. The average molecular weight is 161 g/mol. The normalized spacial score (nSPS) is 8.20. The molecule has 3 nitrogen and oxygen atoms in total. The first-order valence-corrected chi connectivity index (χ1v) is 2.62. The topological polar surface area (TPSA) is 48.1 Å². The van der Waals surface area contributed by atoms with Crippen molar-refractivity contribution in [3.63, 3.8) is 0 Å². The first kappa shape index (κ1) is 9.20. The van der Waals surface area contributed by atoms with Gasteiger partial charge in [0.2, 0.25) is 0 Å². The van der Waals surface area contributed by atoms with E-state index in [2.05, 4.69) is 9.82 Å². The van der Waals surface area contributed by atoms with Crippen LogP contribution in [0.2, 0.25) is 0 Å². The van der Waals surface area contributed by atoms with Crippen molar-refractivity contribution in [3.05, 3.63) is 24.0 Å².